The molecule has 0 saturated carbocycles. The first kappa shape index (κ1) is 11.5. The van der Waals surface area contributed by atoms with Crippen LogP contribution in [0, 0.1) is 0 Å². The molecule has 1 spiro atoms. The number of hydrogen-bond donors (Lipinski definition) is 1. The zero-order valence-corrected chi connectivity index (χ0v) is 8.95. The molecule has 2 heterocycles. The van der Waals surface area contributed by atoms with Gasteiger partial charge in [-0.05, 0) is 24.3 Å². The van der Waals surface area contributed by atoms with Crippen LogP contribution >= 0.6 is 24.2 Å². The van der Waals surface area contributed by atoms with Crippen LogP contribution in [0.25, 0.3) is 0 Å². The second-order valence-electron chi connectivity index (χ2n) is 3.78. The van der Waals surface area contributed by atoms with Crippen molar-refractivity contribution in [3.05, 3.63) is 0 Å². The first-order chi connectivity index (χ1) is 5.62. The minimum atomic E-state index is -2.46. The third kappa shape index (κ3) is 2.48. The smallest absolute Gasteiger partial charge is 0.262 e. The van der Waals surface area contributed by atoms with Crippen LogP contribution in [0.2, 0.25) is 0 Å². The lowest BCUT2D eigenvalue weighted by Gasteiger charge is -2.32. The van der Waals surface area contributed by atoms with E-state index in [2.05, 4.69) is 5.32 Å². The summed E-state index contributed by atoms with van der Waals surface area (Å²) in [6, 6.07) is 0. The third-order valence-corrected chi connectivity index (χ3v) is 3.75. The molecule has 5 heteroatoms. The summed E-state index contributed by atoms with van der Waals surface area (Å²) >= 11 is 1.87. The molecule has 1 N–H and O–H groups in total. The van der Waals surface area contributed by atoms with Gasteiger partial charge in [0, 0.05) is 12.0 Å². The molecular weight excluding hydrogens is 216 g/mol. The molecule has 2 fully saturated rings. The lowest BCUT2D eigenvalue weighted by Crippen LogP contribution is -2.42. The fourth-order valence-corrected chi connectivity index (χ4v) is 3.33. The lowest BCUT2D eigenvalue weighted by molar-refractivity contribution is 0.0151. The Hall–Kier alpha value is 0.460. The highest BCUT2D eigenvalue weighted by molar-refractivity contribution is 7.99. The van der Waals surface area contributed by atoms with Gasteiger partial charge in [0.15, 0.2) is 0 Å². The molecule has 0 aromatic rings. The quantitative estimate of drug-likeness (QED) is 0.684. The summed E-state index contributed by atoms with van der Waals surface area (Å²) in [4.78, 5) is 0. The minimum Gasteiger partial charge on any atom is -0.305 e. The Balaban J connectivity index is 0.000000845. The van der Waals surface area contributed by atoms with E-state index in [1.165, 1.54) is 0 Å². The lowest BCUT2D eigenvalue weighted by atomic mass is 9.90. The summed E-state index contributed by atoms with van der Waals surface area (Å²) in [5.41, 5.74) is -0.214. The van der Waals surface area contributed by atoms with Crippen LogP contribution in [0.4, 0.5) is 8.78 Å². The van der Waals surface area contributed by atoms with Gasteiger partial charge >= 0.3 is 0 Å². The fraction of sp³-hybridized carbons (Fsp3) is 1.00. The second-order valence-corrected chi connectivity index (χ2v) is 5.00. The van der Waals surface area contributed by atoms with Gasteiger partial charge in [0.2, 0.25) is 0 Å². The molecule has 2 aliphatic rings. The molecule has 0 unspecified atom stereocenters. The van der Waals surface area contributed by atoms with Gasteiger partial charge in [-0.2, -0.15) is 11.8 Å². The Morgan fingerprint density at radius 3 is 2.23 bits per heavy atom. The number of alkyl halides is 2. The Bertz CT molecular complexity index is 183. The van der Waals surface area contributed by atoms with Crippen molar-refractivity contribution in [2.45, 2.75) is 30.7 Å². The van der Waals surface area contributed by atoms with E-state index >= 15 is 0 Å². The highest BCUT2D eigenvalue weighted by Gasteiger charge is 2.49. The molecule has 78 valence electrons. The molecule has 0 aliphatic carbocycles. The minimum absolute atomic E-state index is 0. The van der Waals surface area contributed by atoms with Gasteiger partial charge < -0.3 is 5.32 Å². The average Bonchev–Trinajstić information content (AvgIpc) is 2.29. The number of halogens is 3. The van der Waals surface area contributed by atoms with E-state index in [9.17, 15) is 8.78 Å². The average molecular weight is 230 g/mol. The first-order valence-electron chi connectivity index (χ1n) is 4.33. The molecule has 0 atom stereocenters. The van der Waals surface area contributed by atoms with Crippen LogP contribution in [-0.4, -0.2) is 29.5 Å². The number of nitrogens with one attached hydrogen (secondary N) is 1. The van der Waals surface area contributed by atoms with Crippen molar-refractivity contribution in [2.24, 2.45) is 0 Å². The van der Waals surface area contributed by atoms with Crippen LogP contribution in [0.3, 0.4) is 0 Å². The van der Waals surface area contributed by atoms with E-state index < -0.39 is 5.92 Å². The highest BCUT2D eigenvalue weighted by Crippen LogP contribution is 2.40. The van der Waals surface area contributed by atoms with Crippen molar-refractivity contribution in [1.29, 1.82) is 0 Å². The number of rotatable bonds is 0. The SMILES string of the molecule is Cl.FC1(F)CNC2(CCSCC2)C1. The summed E-state index contributed by atoms with van der Waals surface area (Å²) in [6.07, 6.45) is 1.88. The van der Waals surface area contributed by atoms with Crippen LogP contribution in [-0.2, 0) is 0 Å². The van der Waals surface area contributed by atoms with Gasteiger partial charge in [-0.1, -0.05) is 0 Å². The standard InChI is InChI=1S/C8H13F2NS.ClH/c9-8(10)5-7(11-6-8)1-3-12-4-2-7;/h11H,1-6H2;1H. The van der Waals surface area contributed by atoms with Crippen LogP contribution in [0.5, 0.6) is 0 Å². The highest BCUT2D eigenvalue weighted by atomic mass is 35.5. The molecule has 2 saturated heterocycles. The molecule has 0 bridgehead atoms. The second kappa shape index (κ2) is 3.91. The molecule has 2 rings (SSSR count). The predicted octanol–water partition coefficient (Wildman–Crippen LogP) is 2.30. The number of thioether (sulfide) groups is 1. The zero-order valence-electron chi connectivity index (χ0n) is 7.32. The largest absolute Gasteiger partial charge is 0.305 e. The third-order valence-electron chi connectivity index (χ3n) is 2.77. The monoisotopic (exact) mass is 229 g/mol. The molecule has 13 heavy (non-hydrogen) atoms. The summed E-state index contributed by atoms with van der Waals surface area (Å²) in [5, 5.41) is 3.00. The summed E-state index contributed by atoms with van der Waals surface area (Å²) < 4.78 is 25.8. The first-order valence-corrected chi connectivity index (χ1v) is 5.48. The maximum absolute atomic E-state index is 12.9. The Labute approximate surface area is 87.4 Å². The zero-order chi connectivity index (χ0) is 8.66. The molecule has 0 aromatic heterocycles. The summed E-state index contributed by atoms with van der Waals surface area (Å²) in [5.74, 6) is -0.395. The van der Waals surface area contributed by atoms with Gasteiger partial charge in [0.25, 0.3) is 5.92 Å². The predicted molar refractivity (Wildman–Crippen MR) is 54.1 cm³/mol. The van der Waals surface area contributed by atoms with Gasteiger partial charge in [-0.15, -0.1) is 12.4 Å². The topological polar surface area (TPSA) is 12.0 Å². The van der Waals surface area contributed by atoms with E-state index in [4.69, 9.17) is 0 Å². The van der Waals surface area contributed by atoms with E-state index in [0.717, 1.165) is 24.3 Å². The molecule has 0 radical (unpaired) electrons. The van der Waals surface area contributed by atoms with Crippen LogP contribution < -0.4 is 5.32 Å². The summed E-state index contributed by atoms with van der Waals surface area (Å²) in [6.45, 7) is -0.113. The van der Waals surface area contributed by atoms with Crippen molar-refractivity contribution in [1.82, 2.24) is 5.32 Å². The van der Waals surface area contributed by atoms with E-state index in [0.29, 0.717) is 0 Å². The summed E-state index contributed by atoms with van der Waals surface area (Å²) in [7, 11) is 0. The maximum Gasteiger partial charge on any atom is 0.262 e. The molecule has 2 aliphatic heterocycles. The fourth-order valence-electron chi connectivity index (χ4n) is 2.05. The van der Waals surface area contributed by atoms with Crippen LogP contribution in [0.15, 0.2) is 0 Å². The van der Waals surface area contributed by atoms with Crippen molar-refractivity contribution < 1.29 is 8.78 Å². The van der Waals surface area contributed by atoms with Crippen LogP contribution in [0.1, 0.15) is 19.3 Å². The normalized spacial score (nSPS) is 30.0. The Morgan fingerprint density at radius 2 is 1.77 bits per heavy atom. The van der Waals surface area contributed by atoms with Gasteiger partial charge in [-0.3, -0.25) is 0 Å². The van der Waals surface area contributed by atoms with E-state index in [-0.39, 0.29) is 30.9 Å². The number of hydrogen-bond acceptors (Lipinski definition) is 2. The van der Waals surface area contributed by atoms with Gasteiger partial charge in [0.1, 0.15) is 0 Å². The van der Waals surface area contributed by atoms with E-state index in [1.54, 1.807) is 0 Å². The van der Waals surface area contributed by atoms with E-state index in [1.807, 2.05) is 11.8 Å². The van der Waals surface area contributed by atoms with Crippen molar-refractivity contribution in [3.63, 3.8) is 0 Å². The molecule has 0 aromatic carbocycles. The van der Waals surface area contributed by atoms with Crippen molar-refractivity contribution >= 4 is 24.2 Å². The van der Waals surface area contributed by atoms with Gasteiger partial charge in [-0.25, -0.2) is 8.78 Å². The Kier molecular flexibility index (Phi) is 3.47. The molecule has 0 amide bonds. The Morgan fingerprint density at radius 1 is 1.15 bits per heavy atom. The van der Waals surface area contributed by atoms with Gasteiger partial charge in [0.05, 0.1) is 6.54 Å². The maximum atomic E-state index is 12.9. The van der Waals surface area contributed by atoms with Crippen molar-refractivity contribution in [2.75, 3.05) is 18.1 Å². The molecular formula is C8H14ClF2NS. The molecule has 1 nitrogen and oxygen atoms in total. The van der Waals surface area contributed by atoms with Crippen molar-refractivity contribution in [3.8, 4) is 0 Å².